The van der Waals surface area contributed by atoms with Crippen LogP contribution in [0, 0.1) is 11.8 Å². The molecule has 2 aliphatic heterocycles. The summed E-state index contributed by atoms with van der Waals surface area (Å²) in [5.74, 6) is 1.26. The quantitative estimate of drug-likeness (QED) is 0.771. The minimum Gasteiger partial charge on any atom is -0.384 e. The number of methoxy groups -OCH3 is 1. The third-order valence-electron chi connectivity index (χ3n) is 4.04. The second-order valence-electron chi connectivity index (χ2n) is 5.51. The molecule has 4 nitrogen and oxygen atoms in total. The van der Waals surface area contributed by atoms with Gasteiger partial charge in [0.15, 0.2) is 0 Å². The Balaban J connectivity index is 1.73. The lowest BCUT2D eigenvalue weighted by molar-refractivity contribution is 0.0831. The zero-order chi connectivity index (χ0) is 12.1. The summed E-state index contributed by atoms with van der Waals surface area (Å²) in [6, 6.07) is 0.277. The van der Waals surface area contributed by atoms with Crippen LogP contribution in [-0.4, -0.2) is 57.5 Å². The molecule has 2 saturated heterocycles. The molecule has 0 radical (unpaired) electrons. The SMILES string of the molecule is COCC1CCCN(CC(N)C2CCOC2)C1. The van der Waals surface area contributed by atoms with E-state index in [4.69, 9.17) is 15.2 Å². The van der Waals surface area contributed by atoms with Gasteiger partial charge in [-0.05, 0) is 31.7 Å². The molecule has 17 heavy (non-hydrogen) atoms. The van der Waals surface area contributed by atoms with E-state index in [-0.39, 0.29) is 6.04 Å². The van der Waals surface area contributed by atoms with Crippen LogP contribution < -0.4 is 5.73 Å². The molecular formula is C13H26N2O2. The van der Waals surface area contributed by atoms with E-state index in [9.17, 15) is 0 Å². The third-order valence-corrected chi connectivity index (χ3v) is 4.04. The van der Waals surface area contributed by atoms with Crippen LogP contribution in [0.2, 0.25) is 0 Å². The number of likely N-dealkylation sites (tertiary alicyclic amines) is 1. The average molecular weight is 242 g/mol. The van der Waals surface area contributed by atoms with E-state index in [1.54, 1.807) is 7.11 Å². The summed E-state index contributed by atoms with van der Waals surface area (Å²) in [4.78, 5) is 2.51. The van der Waals surface area contributed by atoms with Crippen LogP contribution in [0.25, 0.3) is 0 Å². The van der Waals surface area contributed by atoms with Crippen molar-refractivity contribution in [1.82, 2.24) is 4.90 Å². The van der Waals surface area contributed by atoms with Gasteiger partial charge >= 0.3 is 0 Å². The normalized spacial score (nSPS) is 32.8. The Morgan fingerprint density at radius 3 is 3.06 bits per heavy atom. The van der Waals surface area contributed by atoms with Gasteiger partial charge in [0, 0.05) is 38.8 Å². The number of rotatable bonds is 5. The molecular weight excluding hydrogens is 216 g/mol. The highest BCUT2D eigenvalue weighted by atomic mass is 16.5. The van der Waals surface area contributed by atoms with Gasteiger partial charge in [0.2, 0.25) is 0 Å². The molecule has 0 saturated carbocycles. The predicted octanol–water partition coefficient (Wildman–Crippen LogP) is 0.709. The van der Waals surface area contributed by atoms with Crippen LogP contribution in [0.4, 0.5) is 0 Å². The van der Waals surface area contributed by atoms with Crippen LogP contribution in [0.3, 0.4) is 0 Å². The first kappa shape index (κ1) is 13.3. The summed E-state index contributed by atoms with van der Waals surface area (Å²) in [6.45, 7) is 6.00. The Morgan fingerprint density at radius 2 is 2.35 bits per heavy atom. The fraction of sp³-hybridized carbons (Fsp3) is 1.00. The van der Waals surface area contributed by atoms with Crippen molar-refractivity contribution in [2.75, 3.05) is 46.6 Å². The van der Waals surface area contributed by atoms with Gasteiger partial charge in [-0.2, -0.15) is 0 Å². The zero-order valence-corrected chi connectivity index (χ0v) is 10.9. The molecule has 0 aromatic carbocycles. The van der Waals surface area contributed by atoms with Gasteiger partial charge in [-0.1, -0.05) is 0 Å². The van der Waals surface area contributed by atoms with Crippen molar-refractivity contribution < 1.29 is 9.47 Å². The van der Waals surface area contributed by atoms with E-state index in [2.05, 4.69) is 4.90 Å². The van der Waals surface area contributed by atoms with Crippen LogP contribution in [0.1, 0.15) is 19.3 Å². The molecule has 2 rings (SSSR count). The molecule has 2 aliphatic rings. The number of piperidine rings is 1. The Hall–Kier alpha value is -0.160. The molecule has 4 heteroatoms. The molecule has 100 valence electrons. The highest BCUT2D eigenvalue weighted by molar-refractivity contribution is 4.82. The number of hydrogen-bond acceptors (Lipinski definition) is 4. The van der Waals surface area contributed by atoms with Crippen molar-refractivity contribution in [3.63, 3.8) is 0 Å². The van der Waals surface area contributed by atoms with Gasteiger partial charge in [0.1, 0.15) is 0 Å². The summed E-state index contributed by atoms with van der Waals surface area (Å²) in [5, 5.41) is 0. The molecule has 0 aliphatic carbocycles. The Morgan fingerprint density at radius 1 is 1.47 bits per heavy atom. The van der Waals surface area contributed by atoms with Crippen LogP contribution >= 0.6 is 0 Å². The first-order valence-electron chi connectivity index (χ1n) is 6.84. The van der Waals surface area contributed by atoms with Gasteiger partial charge in [-0.3, -0.25) is 0 Å². The highest BCUT2D eigenvalue weighted by Gasteiger charge is 2.27. The topological polar surface area (TPSA) is 47.7 Å². The first-order chi connectivity index (χ1) is 8.29. The fourth-order valence-corrected chi connectivity index (χ4v) is 3.03. The maximum atomic E-state index is 6.28. The lowest BCUT2D eigenvalue weighted by Gasteiger charge is -2.35. The first-order valence-corrected chi connectivity index (χ1v) is 6.84. The average Bonchev–Trinajstić information content (AvgIpc) is 2.83. The van der Waals surface area contributed by atoms with Gasteiger partial charge in [0.25, 0.3) is 0 Å². The summed E-state index contributed by atoms with van der Waals surface area (Å²) >= 11 is 0. The molecule has 0 aromatic heterocycles. The summed E-state index contributed by atoms with van der Waals surface area (Å²) in [6.07, 6.45) is 3.71. The fourth-order valence-electron chi connectivity index (χ4n) is 3.03. The minimum absolute atomic E-state index is 0.277. The molecule has 0 spiro atoms. The van der Waals surface area contributed by atoms with Crippen molar-refractivity contribution in [3.8, 4) is 0 Å². The molecule has 3 unspecified atom stereocenters. The van der Waals surface area contributed by atoms with E-state index in [0.29, 0.717) is 11.8 Å². The van der Waals surface area contributed by atoms with Crippen molar-refractivity contribution in [2.24, 2.45) is 17.6 Å². The molecule has 0 amide bonds. The maximum Gasteiger partial charge on any atom is 0.0510 e. The van der Waals surface area contributed by atoms with Crippen molar-refractivity contribution >= 4 is 0 Å². The van der Waals surface area contributed by atoms with Crippen LogP contribution in [-0.2, 0) is 9.47 Å². The smallest absolute Gasteiger partial charge is 0.0510 e. The van der Waals surface area contributed by atoms with Crippen LogP contribution in [0.15, 0.2) is 0 Å². The molecule has 2 heterocycles. The second kappa shape index (κ2) is 6.69. The van der Waals surface area contributed by atoms with Gasteiger partial charge in [-0.15, -0.1) is 0 Å². The Bertz CT molecular complexity index is 217. The van der Waals surface area contributed by atoms with E-state index < -0.39 is 0 Å². The zero-order valence-electron chi connectivity index (χ0n) is 10.9. The Labute approximate surface area is 104 Å². The summed E-state index contributed by atoms with van der Waals surface area (Å²) in [5.41, 5.74) is 6.28. The second-order valence-corrected chi connectivity index (χ2v) is 5.51. The number of ether oxygens (including phenoxy) is 2. The molecule has 2 fully saturated rings. The van der Waals surface area contributed by atoms with Crippen molar-refractivity contribution in [1.29, 1.82) is 0 Å². The standard InChI is InChI=1S/C13H26N2O2/c1-16-9-11-3-2-5-15(7-11)8-13(14)12-4-6-17-10-12/h11-13H,2-10,14H2,1H3. The number of nitrogens with two attached hydrogens (primary N) is 1. The molecule has 0 aromatic rings. The molecule has 2 N–H and O–H groups in total. The summed E-state index contributed by atoms with van der Waals surface area (Å²) < 4.78 is 10.7. The van der Waals surface area contributed by atoms with Gasteiger partial charge in [0.05, 0.1) is 13.2 Å². The monoisotopic (exact) mass is 242 g/mol. The van der Waals surface area contributed by atoms with E-state index in [1.807, 2.05) is 0 Å². The molecule has 0 bridgehead atoms. The van der Waals surface area contributed by atoms with Crippen molar-refractivity contribution in [2.45, 2.75) is 25.3 Å². The summed E-state index contributed by atoms with van der Waals surface area (Å²) in [7, 11) is 1.79. The van der Waals surface area contributed by atoms with Gasteiger partial charge in [-0.25, -0.2) is 0 Å². The number of hydrogen-bond donors (Lipinski definition) is 1. The van der Waals surface area contributed by atoms with E-state index in [1.165, 1.54) is 19.4 Å². The number of nitrogens with zero attached hydrogens (tertiary/aromatic N) is 1. The van der Waals surface area contributed by atoms with Crippen molar-refractivity contribution in [3.05, 3.63) is 0 Å². The predicted molar refractivity (Wildman–Crippen MR) is 67.9 cm³/mol. The highest BCUT2D eigenvalue weighted by Crippen LogP contribution is 2.20. The van der Waals surface area contributed by atoms with Gasteiger partial charge < -0.3 is 20.1 Å². The van der Waals surface area contributed by atoms with E-state index >= 15 is 0 Å². The largest absolute Gasteiger partial charge is 0.384 e. The molecule has 3 atom stereocenters. The maximum absolute atomic E-state index is 6.28. The lowest BCUT2D eigenvalue weighted by atomic mass is 9.95. The lowest BCUT2D eigenvalue weighted by Crippen LogP contribution is -2.46. The Kier molecular flexibility index (Phi) is 5.22. The third kappa shape index (κ3) is 3.91. The minimum atomic E-state index is 0.277. The van der Waals surface area contributed by atoms with E-state index in [0.717, 1.165) is 39.3 Å². The van der Waals surface area contributed by atoms with Crippen LogP contribution in [0.5, 0.6) is 0 Å².